The van der Waals surface area contributed by atoms with Gasteiger partial charge in [0.15, 0.2) is 11.5 Å². The van der Waals surface area contributed by atoms with Crippen LogP contribution in [0.15, 0.2) is 71.2 Å². The fourth-order valence-electron chi connectivity index (χ4n) is 6.77. The number of ether oxygens (including phenoxy) is 3. The molecule has 3 saturated carbocycles. The van der Waals surface area contributed by atoms with Crippen LogP contribution in [-0.4, -0.2) is 47.1 Å². The summed E-state index contributed by atoms with van der Waals surface area (Å²) < 4.78 is 56.5. The van der Waals surface area contributed by atoms with Crippen LogP contribution in [-0.2, 0) is 4.79 Å². The summed E-state index contributed by atoms with van der Waals surface area (Å²) in [4.78, 5) is 31.8. The van der Waals surface area contributed by atoms with Crippen LogP contribution < -0.4 is 19.5 Å². The zero-order valence-corrected chi connectivity index (χ0v) is 26.5. The van der Waals surface area contributed by atoms with E-state index < -0.39 is 41.0 Å². The molecule has 2 bridgehead atoms. The summed E-state index contributed by atoms with van der Waals surface area (Å²) in [6.07, 6.45) is -5.00. The summed E-state index contributed by atoms with van der Waals surface area (Å²) in [5.41, 5.74) is 0.859. The van der Waals surface area contributed by atoms with E-state index in [4.69, 9.17) is 14.5 Å². The van der Waals surface area contributed by atoms with E-state index in [1.165, 1.54) is 19.2 Å². The van der Waals surface area contributed by atoms with Gasteiger partial charge in [0, 0.05) is 27.9 Å². The number of hydrogen-bond acceptors (Lipinski definition) is 6. The Hall–Kier alpha value is -4.32. The molecule has 7 rings (SSSR count). The van der Waals surface area contributed by atoms with Gasteiger partial charge in [0.2, 0.25) is 0 Å². The lowest BCUT2D eigenvalue weighted by molar-refractivity contribution is -0.275. The minimum Gasteiger partial charge on any atom is -0.497 e. The maximum atomic E-state index is 14.5. The van der Waals surface area contributed by atoms with Crippen molar-refractivity contribution in [3.05, 3.63) is 82.3 Å². The Morgan fingerprint density at radius 1 is 1.00 bits per heavy atom. The highest BCUT2D eigenvalue weighted by Gasteiger charge is 2.60. The number of alkyl halides is 3. The first-order chi connectivity index (χ1) is 21.8. The zero-order chi connectivity index (χ0) is 32.9. The molecule has 1 amide bonds. The van der Waals surface area contributed by atoms with Gasteiger partial charge < -0.3 is 24.6 Å². The third-order valence-electron chi connectivity index (χ3n) is 9.22. The number of pyridine rings is 1. The van der Waals surface area contributed by atoms with Gasteiger partial charge in [-0.25, -0.2) is 4.98 Å². The van der Waals surface area contributed by atoms with Gasteiger partial charge in [-0.15, -0.1) is 13.2 Å². The predicted octanol–water partition coefficient (Wildman–Crippen LogP) is 7.84. The smallest absolute Gasteiger partial charge is 0.497 e. The molecule has 0 spiro atoms. The van der Waals surface area contributed by atoms with Crippen LogP contribution in [0.3, 0.4) is 0 Å². The molecule has 0 aliphatic heterocycles. The predicted molar refractivity (Wildman–Crippen MR) is 167 cm³/mol. The third kappa shape index (κ3) is 5.86. The van der Waals surface area contributed by atoms with Crippen molar-refractivity contribution in [2.24, 2.45) is 5.41 Å². The van der Waals surface area contributed by atoms with Crippen molar-refractivity contribution < 1.29 is 42.1 Å². The number of carbonyl (C=O) groups excluding carboxylic acids is 1. The Kier molecular flexibility index (Phi) is 8.12. The van der Waals surface area contributed by atoms with Gasteiger partial charge in [-0.2, -0.15) is 0 Å². The van der Waals surface area contributed by atoms with E-state index in [0.717, 1.165) is 16.1 Å². The molecule has 3 aliphatic rings. The number of carboxylic acids is 1. The van der Waals surface area contributed by atoms with Gasteiger partial charge in [-0.1, -0.05) is 46.3 Å². The van der Waals surface area contributed by atoms with Crippen molar-refractivity contribution in [2.75, 3.05) is 7.11 Å². The van der Waals surface area contributed by atoms with Crippen LogP contribution in [0.4, 0.5) is 13.2 Å². The second kappa shape index (κ2) is 11.8. The van der Waals surface area contributed by atoms with Crippen LogP contribution >= 0.6 is 15.9 Å². The van der Waals surface area contributed by atoms with E-state index in [0.29, 0.717) is 27.7 Å². The van der Waals surface area contributed by atoms with Crippen molar-refractivity contribution in [1.29, 1.82) is 0 Å². The summed E-state index contributed by atoms with van der Waals surface area (Å²) in [6, 6.07) is 18.6. The second-order valence-electron chi connectivity index (χ2n) is 11.9. The fourth-order valence-corrected chi connectivity index (χ4v) is 7.13. The van der Waals surface area contributed by atoms with Crippen LogP contribution in [0.25, 0.3) is 22.2 Å². The maximum Gasteiger partial charge on any atom is 0.573 e. The molecule has 46 heavy (non-hydrogen) atoms. The normalized spacial score (nSPS) is 22.3. The Labute approximate surface area is 271 Å². The SMILES string of the molecule is COc1ccc(OC(F)(F)F)c(OC2CC3(C(=O)O)CCC2(NC(=O)c2c(C)c(-c4ccccc4)nc4ccc(Br)cc24)CC3)c1. The van der Waals surface area contributed by atoms with Crippen LogP contribution in [0.5, 0.6) is 17.2 Å². The topological polar surface area (TPSA) is 107 Å². The fraction of sp³-hybridized carbons (Fsp3) is 0.324. The van der Waals surface area contributed by atoms with E-state index in [1.54, 1.807) is 0 Å². The van der Waals surface area contributed by atoms with Crippen LogP contribution in [0, 0.1) is 12.3 Å². The Bertz CT molecular complexity index is 1820. The van der Waals surface area contributed by atoms with Crippen LogP contribution in [0.2, 0.25) is 0 Å². The summed E-state index contributed by atoms with van der Waals surface area (Å²) >= 11 is 3.50. The Morgan fingerprint density at radius 3 is 2.37 bits per heavy atom. The number of carboxylic acid groups (broad SMARTS) is 1. The average molecular weight is 700 g/mol. The van der Waals surface area contributed by atoms with Crippen molar-refractivity contribution in [2.45, 2.75) is 57.0 Å². The van der Waals surface area contributed by atoms with E-state index in [2.05, 4.69) is 26.0 Å². The Balaban J connectivity index is 1.43. The van der Waals surface area contributed by atoms with E-state index in [9.17, 15) is 27.9 Å². The standard InChI is InChI=1S/C34H30BrF3N2O6/c1-19-28(23-16-21(35)8-10-24(23)39-29(19)20-6-4-3-5-7-20)30(41)40-33-14-12-32(13-15-33,31(42)43)18-27(33)45-26-17-22(44-2)9-11-25(26)46-34(36,37)38/h3-11,16-17,27H,12-15,18H2,1-2H3,(H,40,41)(H,42,43). The average Bonchev–Trinajstić information content (AvgIpc) is 3.02. The summed E-state index contributed by atoms with van der Waals surface area (Å²) in [5.74, 6) is -2.09. The first-order valence-electron chi connectivity index (χ1n) is 14.6. The molecule has 8 nitrogen and oxygen atoms in total. The molecule has 1 atom stereocenters. The van der Waals surface area contributed by atoms with Gasteiger partial charge in [0.25, 0.3) is 5.91 Å². The van der Waals surface area contributed by atoms with Gasteiger partial charge >= 0.3 is 12.3 Å². The molecule has 1 aromatic heterocycles. The number of aliphatic carboxylic acids is 1. The highest BCUT2D eigenvalue weighted by Crippen LogP contribution is 2.54. The molecule has 4 aromatic rings. The van der Waals surface area contributed by atoms with E-state index >= 15 is 0 Å². The molecule has 1 unspecified atom stereocenters. The second-order valence-corrected chi connectivity index (χ2v) is 12.8. The number of amides is 1. The molecule has 1 heterocycles. The number of fused-ring (bicyclic) bond motifs is 4. The maximum absolute atomic E-state index is 14.5. The largest absolute Gasteiger partial charge is 0.573 e. The molecular weight excluding hydrogens is 669 g/mol. The van der Waals surface area contributed by atoms with Crippen LogP contribution in [0.1, 0.15) is 48.0 Å². The number of nitrogens with one attached hydrogen (secondary N) is 1. The molecule has 0 radical (unpaired) electrons. The summed E-state index contributed by atoms with van der Waals surface area (Å²) in [5, 5.41) is 14.0. The molecule has 2 N–H and O–H groups in total. The third-order valence-corrected chi connectivity index (χ3v) is 9.71. The minimum atomic E-state index is -5.00. The number of benzene rings is 3. The minimum absolute atomic E-state index is 0.0256. The molecule has 12 heteroatoms. The number of nitrogens with zero attached hydrogens (tertiary/aromatic N) is 1. The first-order valence-corrected chi connectivity index (χ1v) is 15.4. The van der Waals surface area contributed by atoms with Crippen molar-refractivity contribution in [3.63, 3.8) is 0 Å². The molecular formula is C34H30BrF3N2O6. The molecule has 0 saturated heterocycles. The molecule has 3 fully saturated rings. The lowest BCUT2D eigenvalue weighted by Crippen LogP contribution is -2.67. The summed E-state index contributed by atoms with van der Waals surface area (Å²) in [6.45, 7) is 1.82. The van der Waals surface area contributed by atoms with E-state index in [1.807, 2.05) is 55.5 Å². The molecule has 240 valence electrons. The number of aromatic nitrogens is 1. The quantitative estimate of drug-likeness (QED) is 0.193. The highest BCUT2D eigenvalue weighted by atomic mass is 79.9. The highest BCUT2D eigenvalue weighted by molar-refractivity contribution is 9.10. The monoisotopic (exact) mass is 698 g/mol. The number of halogens is 4. The molecule has 3 aromatic carbocycles. The Morgan fingerprint density at radius 2 is 1.72 bits per heavy atom. The van der Waals surface area contributed by atoms with Gasteiger partial charge in [0.1, 0.15) is 11.9 Å². The van der Waals surface area contributed by atoms with Crippen molar-refractivity contribution in [1.82, 2.24) is 10.3 Å². The van der Waals surface area contributed by atoms with Crippen molar-refractivity contribution in [3.8, 4) is 28.5 Å². The number of hydrogen-bond donors (Lipinski definition) is 2. The lowest BCUT2D eigenvalue weighted by Gasteiger charge is -2.55. The number of methoxy groups -OCH3 is 1. The zero-order valence-electron chi connectivity index (χ0n) is 24.9. The van der Waals surface area contributed by atoms with Gasteiger partial charge in [0.05, 0.1) is 34.8 Å². The molecule has 3 aliphatic carbocycles. The number of rotatable bonds is 8. The lowest BCUT2D eigenvalue weighted by atomic mass is 9.55. The first kappa shape index (κ1) is 31.7. The van der Waals surface area contributed by atoms with Crippen molar-refractivity contribution >= 4 is 38.7 Å². The number of carbonyl (C=O) groups is 2. The van der Waals surface area contributed by atoms with Gasteiger partial charge in [-0.05, 0) is 68.5 Å². The van der Waals surface area contributed by atoms with Gasteiger partial charge in [-0.3, -0.25) is 9.59 Å². The van der Waals surface area contributed by atoms with E-state index in [-0.39, 0.29) is 43.6 Å². The summed E-state index contributed by atoms with van der Waals surface area (Å²) in [7, 11) is 1.36.